The van der Waals surface area contributed by atoms with Gasteiger partial charge in [-0.1, -0.05) is 6.07 Å². The minimum Gasteiger partial charge on any atom is -0.444 e. The largest absolute Gasteiger partial charge is 0.444 e. The van der Waals surface area contributed by atoms with E-state index < -0.39 is 17.2 Å². The highest BCUT2D eigenvalue weighted by Gasteiger charge is 2.24. The fourth-order valence-corrected chi connectivity index (χ4v) is 2.11. The number of alkyl carbamates (subject to hydrolysis) is 1. The van der Waals surface area contributed by atoms with Gasteiger partial charge in [0.25, 0.3) is 0 Å². The molecule has 146 valence electrons. The van der Waals surface area contributed by atoms with Crippen LogP contribution in [0, 0.1) is 6.92 Å². The second-order valence-electron chi connectivity index (χ2n) is 7.83. The van der Waals surface area contributed by atoms with Crippen molar-refractivity contribution in [3.63, 3.8) is 0 Å². The molecule has 0 saturated heterocycles. The highest BCUT2D eigenvalue weighted by Crippen LogP contribution is 2.09. The van der Waals surface area contributed by atoms with Crippen molar-refractivity contribution in [3.05, 3.63) is 29.6 Å². The van der Waals surface area contributed by atoms with Gasteiger partial charge in [-0.15, -0.1) is 0 Å². The standard InChI is InChI=1S/C19H33N5O2/c1-8-20-16(22-12-15-14(2)10-9-11-21-15)23-13-19(6,7)24-17(25)26-18(3,4)5/h9-11H,8,12-13H2,1-7H3,(H,24,25)(H2,20,22,23). The molecule has 3 N–H and O–H groups in total. The van der Waals surface area contributed by atoms with Crippen molar-refractivity contribution in [1.82, 2.24) is 20.9 Å². The van der Waals surface area contributed by atoms with Crippen LogP contribution in [0.5, 0.6) is 0 Å². The van der Waals surface area contributed by atoms with Crippen LogP contribution in [0.3, 0.4) is 0 Å². The molecule has 7 heteroatoms. The number of carbonyl (C=O) groups is 1. The number of guanidine groups is 1. The van der Waals surface area contributed by atoms with Crippen LogP contribution < -0.4 is 16.0 Å². The fraction of sp³-hybridized carbons (Fsp3) is 0.632. The smallest absolute Gasteiger partial charge is 0.408 e. The summed E-state index contributed by atoms with van der Waals surface area (Å²) in [4.78, 5) is 20.9. The van der Waals surface area contributed by atoms with Crippen LogP contribution in [0.15, 0.2) is 23.3 Å². The normalized spacial score (nSPS) is 12.5. The molecule has 0 spiro atoms. The number of pyridine rings is 1. The molecule has 0 aliphatic heterocycles. The van der Waals surface area contributed by atoms with Crippen LogP contribution in [0.4, 0.5) is 4.79 Å². The molecule has 0 aliphatic rings. The molecule has 0 atom stereocenters. The summed E-state index contributed by atoms with van der Waals surface area (Å²) >= 11 is 0. The Morgan fingerprint density at radius 1 is 1.23 bits per heavy atom. The average molecular weight is 364 g/mol. The Labute approximate surface area is 157 Å². The van der Waals surface area contributed by atoms with E-state index in [2.05, 4.69) is 25.9 Å². The lowest BCUT2D eigenvalue weighted by atomic mass is 10.1. The summed E-state index contributed by atoms with van der Waals surface area (Å²) in [6, 6.07) is 3.93. The summed E-state index contributed by atoms with van der Waals surface area (Å²) < 4.78 is 5.31. The van der Waals surface area contributed by atoms with Crippen LogP contribution in [-0.4, -0.2) is 41.3 Å². The summed E-state index contributed by atoms with van der Waals surface area (Å²) in [6.07, 6.45) is 1.34. The number of aliphatic imine (C=N–C) groups is 1. The maximum Gasteiger partial charge on any atom is 0.408 e. The van der Waals surface area contributed by atoms with Gasteiger partial charge < -0.3 is 20.7 Å². The Kier molecular flexibility index (Phi) is 7.86. The predicted octanol–water partition coefficient (Wildman–Crippen LogP) is 2.75. The zero-order valence-corrected chi connectivity index (χ0v) is 17.1. The second-order valence-corrected chi connectivity index (χ2v) is 7.83. The minimum atomic E-state index is -0.523. The van der Waals surface area contributed by atoms with Gasteiger partial charge in [-0.25, -0.2) is 9.79 Å². The van der Waals surface area contributed by atoms with Gasteiger partial charge in [-0.3, -0.25) is 4.98 Å². The minimum absolute atomic E-state index is 0.435. The first kappa shape index (κ1) is 21.7. The van der Waals surface area contributed by atoms with Gasteiger partial charge in [0.1, 0.15) is 5.60 Å². The SMILES string of the molecule is CCNC(=NCc1ncccc1C)NCC(C)(C)NC(=O)OC(C)(C)C. The van der Waals surface area contributed by atoms with Crippen LogP contribution in [0.25, 0.3) is 0 Å². The van der Waals surface area contributed by atoms with Crippen LogP contribution >= 0.6 is 0 Å². The van der Waals surface area contributed by atoms with Gasteiger partial charge in [-0.2, -0.15) is 0 Å². The van der Waals surface area contributed by atoms with Crippen LogP contribution in [-0.2, 0) is 11.3 Å². The quantitative estimate of drug-likeness (QED) is 0.534. The molecule has 26 heavy (non-hydrogen) atoms. The zero-order chi connectivity index (χ0) is 19.8. The highest BCUT2D eigenvalue weighted by molar-refractivity contribution is 5.80. The van der Waals surface area contributed by atoms with Crippen LogP contribution in [0.2, 0.25) is 0 Å². The summed E-state index contributed by atoms with van der Waals surface area (Å²) in [6.45, 7) is 15.1. The Hall–Kier alpha value is -2.31. The molecule has 0 unspecified atom stereocenters. The summed E-state index contributed by atoms with van der Waals surface area (Å²) in [7, 11) is 0. The Bertz CT molecular complexity index is 621. The number of hydrogen-bond donors (Lipinski definition) is 3. The Morgan fingerprint density at radius 3 is 2.50 bits per heavy atom. The molecular weight excluding hydrogens is 330 g/mol. The molecule has 1 heterocycles. The second kappa shape index (κ2) is 9.40. The number of aryl methyl sites for hydroxylation is 1. The Balaban J connectivity index is 2.65. The molecule has 1 aromatic rings. The van der Waals surface area contributed by atoms with E-state index in [0.717, 1.165) is 17.8 Å². The van der Waals surface area contributed by atoms with E-state index in [1.54, 1.807) is 6.20 Å². The molecule has 1 rings (SSSR count). The summed E-state index contributed by atoms with van der Waals surface area (Å²) in [5.74, 6) is 0.677. The molecule has 0 saturated carbocycles. The van der Waals surface area contributed by atoms with Gasteiger partial charge in [0, 0.05) is 19.3 Å². The van der Waals surface area contributed by atoms with Crippen molar-refractivity contribution in [1.29, 1.82) is 0 Å². The van der Waals surface area contributed by atoms with Crippen molar-refractivity contribution in [2.75, 3.05) is 13.1 Å². The van der Waals surface area contributed by atoms with Crippen molar-refractivity contribution in [2.24, 2.45) is 4.99 Å². The Morgan fingerprint density at radius 2 is 1.92 bits per heavy atom. The first-order valence-corrected chi connectivity index (χ1v) is 8.96. The third kappa shape index (κ3) is 8.69. The molecule has 1 aromatic heterocycles. The molecule has 7 nitrogen and oxygen atoms in total. The van der Waals surface area contributed by atoms with Gasteiger partial charge in [-0.05, 0) is 60.1 Å². The summed E-state index contributed by atoms with van der Waals surface area (Å²) in [5, 5.41) is 9.34. The lowest BCUT2D eigenvalue weighted by Gasteiger charge is -2.29. The molecular formula is C19H33N5O2. The van der Waals surface area contributed by atoms with Crippen molar-refractivity contribution in [3.8, 4) is 0 Å². The van der Waals surface area contributed by atoms with E-state index in [-0.39, 0.29) is 0 Å². The van der Waals surface area contributed by atoms with E-state index in [4.69, 9.17) is 4.74 Å². The van der Waals surface area contributed by atoms with Crippen molar-refractivity contribution in [2.45, 2.75) is 66.2 Å². The monoisotopic (exact) mass is 363 g/mol. The first-order valence-electron chi connectivity index (χ1n) is 8.96. The van der Waals surface area contributed by atoms with Gasteiger partial charge in [0.2, 0.25) is 0 Å². The number of amides is 1. The van der Waals surface area contributed by atoms with Gasteiger partial charge in [0.15, 0.2) is 5.96 Å². The van der Waals surface area contributed by atoms with E-state index in [9.17, 15) is 4.79 Å². The number of carbonyl (C=O) groups excluding carboxylic acids is 1. The molecule has 0 aromatic carbocycles. The number of nitrogens with zero attached hydrogens (tertiary/aromatic N) is 2. The molecule has 0 radical (unpaired) electrons. The third-order valence-electron chi connectivity index (χ3n) is 3.39. The number of rotatable bonds is 6. The first-order chi connectivity index (χ1) is 12.0. The van der Waals surface area contributed by atoms with Gasteiger partial charge in [0.05, 0.1) is 17.8 Å². The molecule has 0 aliphatic carbocycles. The van der Waals surface area contributed by atoms with Crippen molar-refractivity contribution >= 4 is 12.1 Å². The van der Waals surface area contributed by atoms with E-state index in [1.807, 2.05) is 60.6 Å². The maximum absolute atomic E-state index is 12.0. The highest BCUT2D eigenvalue weighted by atomic mass is 16.6. The van der Waals surface area contributed by atoms with Crippen LogP contribution in [0.1, 0.15) is 52.8 Å². The van der Waals surface area contributed by atoms with E-state index >= 15 is 0 Å². The predicted molar refractivity (Wildman–Crippen MR) is 105 cm³/mol. The third-order valence-corrected chi connectivity index (χ3v) is 3.39. The zero-order valence-electron chi connectivity index (χ0n) is 17.1. The lowest BCUT2D eigenvalue weighted by molar-refractivity contribution is 0.0474. The molecule has 0 fully saturated rings. The average Bonchev–Trinajstić information content (AvgIpc) is 2.49. The number of hydrogen-bond acceptors (Lipinski definition) is 4. The summed E-state index contributed by atoms with van der Waals surface area (Å²) in [5.41, 5.74) is 1.03. The number of ether oxygens (including phenoxy) is 1. The lowest BCUT2D eigenvalue weighted by Crippen LogP contribution is -2.54. The van der Waals surface area contributed by atoms with E-state index in [0.29, 0.717) is 19.0 Å². The fourth-order valence-electron chi connectivity index (χ4n) is 2.11. The topological polar surface area (TPSA) is 87.6 Å². The van der Waals surface area contributed by atoms with Gasteiger partial charge >= 0.3 is 6.09 Å². The molecule has 1 amide bonds. The number of aromatic nitrogens is 1. The molecule has 0 bridgehead atoms. The van der Waals surface area contributed by atoms with E-state index in [1.165, 1.54) is 0 Å². The maximum atomic E-state index is 12.0. The number of nitrogens with one attached hydrogen (secondary N) is 3. The van der Waals surface area contributed by atoms with Crippen molar-refractivity contribution < 1.29 is 9.53 Å².